The molecule has 0 saturated heterocycles. The lowest BCUT2D eigenvalue weighted by atomic mass is 10.2. The molecule has 0 fully saturated rings. The largest absolute Gasteiger partial charge is 0.496 e. The lowest BCUT2D eigenvalue weighted by molar-refractivity contribution is 0.0929. The number of benzene rings is 2. The van der Waals surface area contributed by atoms with Crippen LogP contribution >= 0.6 is 31.9 Å². The van der Waals surface area contributed by atoms with Gasteiger partial charge in [-0.05, 0) is 40.2 Å². The van der Waals surface area contributed by atoms with Gasteiger partial charge in [0.05, 0.1) is 17.8 Å². The Kier molecular flexibility index (Phi) is 4.79. The van der Waals surface area contributed by atoms with Crippen molar-refractivity contribution in [3.63, 3.8) is 0 Å². The zero-order chi connectivity index (χ0) is 19.0. The van der Waals surface area contributed by atoms with Crippen LogP contribution in [0.5, 0.6) is 17.2 Å². The summed E-state index contributed by atoms with van der Waals surface area (Å²) < 4.78 is 23.2. The van der Waals surface area contributed by atoms with Crippen LogP contribution < -0.4 is 19.6 Å². The number of rotatable bonds is 4. The van der Waals surface area contributed by atoms with Crippen molar-refractivity contribution in [2.45, 2.75) is 0 Å². The Balaban J connectivity index is 1.53. The van der Waals surface area contributed by atoms with Gasteiger partial charge in [0.15, 0.2) is 17.3 Å². The van der Waals surface area contributed by atoms with Gasteiger partial charge in [-0.15, -0.1) is 0 Å². The highest BCUT2D eigenvalue weighted by Crippen LogP contribution is 2.37. The van der Waals surface area contributed by atoms with Gasteiger partial charge in [0.1, 0.15) is 11.3 Å². The van der Waals surface area contributed by atoms with Gasteiger partial charge < -0.3 is 18.6 Å². The Labute approximate surface area is 170 Å². The Bertz CT molecular complexity index is 1080. The molecule has 0 unspecified atom stereocenters. The van der Waals surface area contributed by atoms with Crippen molar-refractivity contribution in [2.24, 2.45) is 5.10 Å². The van der Waals surface area contributed by atoms with E-state index in [-0.39, 0.29) is 12.6 Å². The predicted molar refractivity (Wildman–Crippen MR) is 106 cm³/mol. The maximum absolute atomic E-state index is 12.3. The number of ether oxygens (including phenoxy) is 3. The minimum absolute atomic E-state index is 0.151. The van der Waals surface area contributed by atoms with Crippen molar-refractivity contribution in [1.29, 1.82) is 0 Å². The molecule has 1 aromatic heterocycles. The smallest absolute Gasteiger partial charge is 0.307 e. The fraction of sp³-hybridized carbons (Fsp3) is 0.111. The molecule has 0 aliphatic carbocycles. The lowest BCUT2D eigenvalue weighted by Gasteiger charge is -2.05. The summed E-state index contributed by atoms with van der Waals surface area (Å²) in [5, 5.41) is 4.77. The highest BCUT2D eigenvalue weighted by molar-refractivity contribution is 9.11. The highest BCUT2D eigenvalue weighted by Gasteiger charge is 2.17. The molecule has 0 spiro atoms. The van der Waals surface area contributed by atoms with Crippen molar-refractivity contribution in [3.05, 3.63) is 50.6 Å². The van der Waals surface area contributed by atoms with E-state index in [0.29, 0.717) is 28.4 Å². The summed E-state index contributed by atoms with van der Waals surface area (Å²) in [6.07, 6.45) is 1.47. The van der Waals surface area contributed by atoms with Crippen LogP contribution in [0.25, 0.3) is 11.0 Å². The summed E-state index contributed by atoms with van der Waals surface area (Å²) >= 11 is 6.82. The summed E-state index contributed by atoms with van der Waals surface area (Å²) in [5.41, 5.74) is 3.67. The van der Waals surface area contributed by atoms with Crippen LogP contribution in [0.1, 0.15) is 16.1 Å². The van der Waals surface area contributed by atoms with Crippen LogP contribution in [0.4, 0.5) is 0 Å². The first-order valence-electron chi connectivity index (χ1n) is 7.75. The van der Waals surface area contributed by atoms with E-state index >= 15 is 0 Å². The SMILES string of the molecule is COc1cc2c(cc1/C=N\NC(=O)c1cc3cc(Br)cc(Br)c3o1)OCO2. The number of furan rings is 1. The predicted octanol–water partition coefficient (Wildman–Crippen LogP) is 4.46. The van der Waals surface area contributed by atoms with Crippen LogP contribution in [0, 0.1) is 0 Å². The van der Waals surface area contributed by atoms with Gasteiger partial charge in [0.25, 0.3) is 0 Å². The number of hydrogen-bond acceptors (Lipinski definition) is 6. The second-order valence-corrected chi connectivity index (χ2v) is 7.33. The van der Waals surface area contributed by atoms with E-state index in [0.717, 1.165) is 14.3 Å². The number of nitrogens with zero attached hydrogens (tertiary/aromatic N) is 1. The van der Waals surface area contributed by atoms with Gasteiger partial charge in [-0.3, -0.25) is 4.79 Å². The van der Waals surface area contributed by atoms with Gasteiger partial charge in [-0.1, -0.05) is 15.9 Å². The third-order valence-corrected chi connectivity index (χ3v) is 4.90. The molecule has 4 rings (SSSR count). The van der Waals surface area contributed by atoms with Crippen LogP contribution in [0.2, 0.25) is 0 Å². The number of hydrogen-bond donors (Lipinski definition) is 1. The zero-order valence-corrected chi connectivity index (χ0v) is 17.1. The molecule has 27 heavy (non-hydrogen) atoms. The van der Waals surface area contributed by atoms with Gasteiger partial charge >= 0.3 is 5.91 Å². The molecule has 1 amide bonds. The standard InChI is InChI=1S/C18H12Br2N2O5/c1-24-13-6-15-14(25-8-26-15)4-10(13)7-21-22-18(23)16-3-9-2-11(19)5-12(20)17(9)27-16/h2-7H,8H2,1H3,(H,22,23)/b21-7-. The molecule has 1 N–H and O–H groups in total. The van der Waals surface area contributed by atoms with Crippen LogP contribution in [-0.4, -0.2) is 26.0 Å². The quantitative estimate of drug-likeness (QED) is 0.427. The van der Waals surface area contributed by atoms with Crippen LogP contribution in [-0.2, 0) is 0 Å². The molecule has 1 aliphatic heterocycles. The van der Waals surface area contributed by atoms with Crippen molar-refractivity contribution in [1.82, 2.24) is 5.43 Å². The lowest BCUT2D eigenvalue weighted by Crippen LogP contribution is -2.16. The molecule has 2 aromatic carbocycles. The maximum atomic E-state index is 12.3. The zero-order valence-electron chi connectivity index (χ0n) is 13.9. The van der Waals surface area contributed by atoms with E-state index in [9.17, 15) is 4.79 Å². The number of methoxy groups -OCH3 is 1. The molecule has 0 saturated carbocycles. The van der Waals surface area contributed by atoms with Gasteiger partial charge in [0, 0.05) is 21.5 Å². The van der Waals surface area contributed by atoms with Crippen molar-refractivity contribution in [3.8, 4) is 17.2 Å². The fourth-order valence-corrected chi connectivity index (χ4v) is 3.96. The third-order valence-electron chi connectivity index (χ3n) is 3.85. The van der Waals surface area contributed by atoms with Crippen LogP contribution in [0.3, 0.4) is 0 Å². The Morgan fingerprint density at radius 3 is 2.74 bits per heavy atom. The summed E-state index contributed by atoms with van der Waals surface area (Å²) in [6, 6.07) is 8.79. The molecular weight excluding hydrogens is 484 g/mol. The molecule has 2 heterocycles. The topological polar surface area (TPSA) is 82.3 Å². The second-order valence-electron chi connectivity index (χ2n) is 5.56. The minimum Gasteiger partial charge on any atom is -0.496 e. The number of nitrogens with one attached hydrogen (secondary N) is 1. The number of carbonyl (C=O) groups excluding carboxylic acids is 1. The molecule has 0 atom stereocenters. The molecule has 1 aliphatic rings. The first kappa shape index (κ1) is 17.9. The summed E-state index contributed by atoms with van der Waals surface area (Å²) in [7, 11) is 1.54. The first-order valence-corrected chi connectivity index (χ1v) is 9.33. The summed E-state index contributed by atoms with van der Waals surface area (Å²) in [5.74, 6) is 1.43. The Morgan fingerprint density at radius 2 is 1.96 bits per heavy atom. The highest BCUT2D eigenvalue weighted by atomic mass is 79.9. The van der Waals surface area contributed by atoms with Gasteiger partial charge in [-0.25, -0.2) is 5.43 Å². The monoisotopic (exact) mass is 494 g/mol. The summed E-state index contributed by atoms with van der Waals surface area (Å²) in [6.45, 7) is 0.160. The first-order chi connectivity index (χ1) is 13.0. The molecule has 0 radical (unpaired) electrons. The van der Waals surface area contributed by atoms with Crippen molar-refractivity contribution >= 4 is 55.0 Å². The van der Waals surface area contributed by atoms with Gasteiger partial charge in [0.2, 0.25) is 6.79 Å². The van der Waals surface area contributed by atoms with E-state index in [1.807, 2.05) is 12.1 Å². The van der Waals surface area contributed by atoms with E-state index in [2.05, 4.69) is 42.4 Å². The van der Waals surface area contributed by atoms with E-state index in [4.69, 9.17) is 18.6 Å². The molecule has 0 bridgehead atoms. The maximum Gasteiger partial charge on any atom is 0.307 e. The Hall–Kier alpha value is -2.52. The molecule has 9 heteroatoms. The van der Waals surface area contributed by atoms with E-state index in [1.165, 1.54) is 13.3 Å². The third kappa shape index (κ3) is 3.52. The van der Waals surface area contributed by atoms with Crippen LogP contribution in [0.15, 0.2) is 48.8 Å². The average molecular weight is 496 g/mol. The van der Waals surface area contributed by atoms with E-state index < -0.39 is 5.91 Å². The molecule has 3 aromatic rings. The van der Waals surface area contributed by atoms with E-state index in [1.54, 1.807) is 18.2 Å². The normalized spacial score (nSPS) is 12.7. The van der Waals surface area contributed by atoms with Crippen molar-refractivity contribution in [2.75, 3.05) is 13.9 Å². The summed E-state index contributed by atoms with van der Waals surface area (Å²) in [4.78, 5) is 12.3. The number of fused-ring (bicyclic) bond motifs is 2. The number of hydrazone groups is 1. The molecule has 7 nitrogen and oxygen atoms in total. The molecular formula is C18H12Br2N2O5. The average Bonchev–Trinajstić information content (AvgIpc) is 3.27. The number of carbonyl (C=O) groups is 1. The van der Waals surface area contributed by atoms with Gasteiger partial charge in [-0.2, -0.15) is 5.10 Å². The minimum atomic E-state index is -0.467. The Morgan fingerprint density at radius 1 is 1.19 bits per heavy atom. The fourth-order valence-electron chi connectivity index (χ4n) is 2.62. The second kappa shape index (κ2) is 7.24. The van der Waals surface area contributed by atoms with Crippen molar-refractivity contribution < 1.29 is 23.4 Å². The number of halogens is 2. The number of amides is 1. The molecule has 138 valence electrons.